The molecule has 174 valence electrons. The van der Waals surface area contributed by atoms with E-state index in [0.717, 1.165) is 20.1 Å². The Balaban J connectivity index is 1.46. The lowest BCUT2D eigenvalue weighted by Crippen LogP contribution is -2.16. The number of nitrogens with zero attached hydrogens (tertiary/aromatic N) is 1. The van der Waals surface area contributed by atoms with Crippen LogP contribution < -0.4 is 14.9 Å². The second kappa shape index (κ2) is 10.9. The van der Waals surface area contributed by atoms with Crippen LogP contribution in [0.5, 0.6) is 11.5 Å². The number of benzene rings is 3. The molecular formula is C26H22ClIN2O4. The van der Waals surface area contributed by atoms with Crippen molar-refractivity contribution >= 4 is 57.3 Å². The van der Waals surface area contributed by atoms with E-state index < -0.39 is 5.91 Å². The third-order valence-corrected chi connectivity index (χ3v) is 5.92. The summed E-state index contributed by atoms with van der Waals surface area (Å²) in [4.78, 5) is 12.4. The minimum atomic E-state index is -0.457. The van der Waals surface area contributed by atoms with Gasteiger partial charge >= 0.3 is 5.91 Å². The molecule has 0 saturated carbocycles. The van der Waals surface area contributed by atoms with Crippen LogP contribution >= 0.6 is 34.2 Å². The third-order valence-electron chi connectivity index (χ3n) is 4.88. The molecule has 0 aliphatic carbocycles. The summed E-state index contributed by atoms with van der Waals surface area (Å²) >= 11 is 8.20. The van der Waals surface area contributed by atoms with E-state index in [9.17, 15) is 4.79 Å². The van der Waals surface area contributed by atoms with Gasteiger partial charge < -0.3 is 13.9 Å². The second-order valence-electron chi connectivity index (χ2n) is 7.53. The number of hydrogen-bond donors (Lipinski definition) is 1. The van der Waals surface area contributed by atoms with Gasteiger partial charge in [-0.2, -0.15) is 5.10 Å². The molecule has 0 bridgehead atoms. The van der Waals surface area contributed by atoms with Gasteiger partial charge in [0, 0.05) is 10.4 Å². The van der Waals surface area contributed by atoms with Crippen molar-refractivity contribution in [3.63, 3.8) is 0 Å². The molecule has 0 radical (unpaired) electrons. The van der Waals surface area contributed by atoms with E-state index >= 15 is 0 Å². The molecule has 0 unspecified atom stereocenters. The maximum absolute atomic E-state index is 12.4. The molecule has 8 heteroatoms. The molecule has 1 amide bonds. The van der Waals surface area contributed by atoms with E-state index in [1.165, 1.54) is 5.56 Å². The highest BCUT2D eigenvalue weighted by atomic mass is 127. The lowest BCUT2D eigenvalue weighted by atomic mass is 10.1. The van der Waals surface area contributed by atoms with Crippen LogP contribution in [0.1, 0.15) is 34.2 Å². The molecule has 1 N–H and O–H groups in total. The molecule has 0 aliphatic heterocycles. The zero-order valence-corrected chi connectivity index (χ0v) is 21.5. The number of hydrogen-bond acceptors (Lipinski definition) is 5. The average molecular weight is 589 g/mol. The minimum Gasteiger partial charge on any atom is -0.490 e. The van der Waals surface area contributed by atoms with Gasteiger partial charge in [0.15, 0.2) is 17.3 Å². The SMILES string of the molecule is CCOc1cc(/C=N/NC(=O)c2cc3cc(Cl)ccc3o2)cc(I)c1OCc1cccc(C)c1. The lowest BCUT2D eigenvalue weighted by molar-refractivity contribution is 0.0929. The van der Waals surface area contributed by atoms with Gasteiger partial charge in [-0.05, 0) is 84.0 Å². The number of halogens is 2. The molecule has 1 heterocycles. The number of aryl methyl sites for hydroxylation is 1. The molecule has 1 aromatic heterocycles. The summed E-state index contributed by atoms with van der Waals surface area (Å²) in [5.74, 6) is 0.982. The van der Waals surface area contributed by atoms with E-state index in [2.05, 4.69) is 52.2 Å². The van der Waals surface area contributed by atoms with Gasteiger partial charge in [0.25, 0.3) is 0 Å². The van der Waals surface area contributed by atoms with Crippen LogP contribution in [0.4, 0.5) is 0 Å². The second-order valence-corrected chi connectivity index (χ2v) is 9.13. The Morgan fingerprint density at radius 1 is 1.15 bits per heavy atom. The predicted octanol–water partition coefficient (Wildman–Crippen LogP) is 6.74. The van der Waals surface area contributed by atoms with E-state index in [-0.39, 0.29) is 5.76 Å². The third kappa shape index (κ3) is 5.90. The number of nitrogens with one attached hydrogen (secondary N) is 1. The van der Waals surface area contributed by atoms with Crippen LogP contribution in [0, 0.1) is 10.5 Å². The van der Waals surface area contributed by atoms with Gasteiger partial charge in [0.2, 0.25) is 0 Å². The number of fused-ring (bicyclic) bond motifs is 1. The molecule has 0 aliphatic rings. The Morgan fingerprint density at radius 2 is 2.00 bits per heavy atom. The number of furan rings is 1. The molecule has 0 fully saturated rings. The molecule has 0 spiro atoms. The van der Waals surface area contributed by atoms with Gasteiger partial charge in [-0.3, -0.25) is 4.79 Å². The smallest absolute Gasteiger partial charge is 0.307 e. The Bertz CT molecular complexity index is 1370. The van der Waals surface area contributed by atoms with Gasteiger partial charge in [0.1, 0.15) is 12.2 Å². The van der Waals surface area contributed by atoms with E-state index in [1.54, 1.807) is 30.5 Å². The monoisotopic (exact) mass is 588 g/mol. The predicted molar refractivity (Wildman–Crippen MR) is 142 cm³/mol. The summed E-state index contributed by atoms with van der Waals surface area (Å²) in [6.45, 7) is 4.89. The lowest BCUT2D eigenvalue weighted by Gasteiger charge is -2.15. The first-order chi connectivity index (χ1) is 16.4. The van der Waals surface area contributed by atoms with Crippen LogP contribution in [0.25, 0.3) is 11.0 Å². The van der Waals surface area contributed by atoms with Gasteiger partial charge in [-0.15, -0.1) is 0 Å². The number of carbonyl (C=O) groups excluding carboxylic acids is 1. The maximum Gasteiger partial charge on any atom is 0.307 e. The van der Waals surface area contributed by atoms with Crippen LogP contribution in [-0.4, -0.2) is 18.7 Å². The van der Waals surface area contributed by atoms with Crippen molar-refractivity contribution in [2.75, 3.05) is 6.61 Å². The molecule has 0 saturated heterocycles. The molecule has 4 aromatic rings. The van der Waals surface area contributed by atoms with Crippen molar-refractivity contribution < 1.29 is 18.7 Å². The van der Waals surface area contributed by atoms with E-state index in [0.29, 0.717) is 35.3 Å². The molecule has 34 heavy (non-hydrogen) atoms. The number of amides is 1. The average Bonchev–Trinajstić information content (AvgIpc) is 3.22. The fraction of sp³-hybridized carbons (Fsp3) is 0.154. The zero-order chi connectivity index (χ0) is 24.1. The van der Waals surface area contributed by atoms with Crippen LogP contribution in [0.2, 0.25) is 5.02 Å². The Morgan fingerprint density at radius 3 is 2.79 bits per heavy atom. The van der Waals surface area contributed by atoms with Crippen molar-refractivity contribution in [2.45, 2.75) is 20.5 Å². The van der Waals surface area contributed by atoms with Crippen LogP contribution in [-0.2, 0) is 6.61 Å². The van der Waals surface area contributed by atoms with Crippen LogP contribution in [0.15, 0.2) is 70.2 Å². The van der Waals surface area contributed by atoms with Gasteiger partial charge in [0.05, 0.1) is 16.4 Å². The minimum absolute atomic E-state index is 0.152. The van der Waals surface area contributed by atoms with E-state index in [4.69, 9.17) is 25.5 Å². The normalized spacial score (nSPS) is 11.2. The topological polar surface area (TPSA) is 73.1 Å². The highest BCUT2D eigenvalue weighted by Gasteiger charge is 2.14. The van der Waals surface area contributed by atoms with Crippen molar-refractivity contribution in [3.8, 4) is 11.5 Å². The molecule has 6 nitrogen and oxygen atoms in total. The summed E-state index contributed by atoms with van der Waals surface area (Å²) < 4.78 is 18.3. The molecule has 4 rings (SSSR count). The fourth-order valence-corrected chi connectivity index (χ4v) is 4.33. The molecule has 0 atom stereocenters. The van der Waals surface area contributed by atoms with Crippen molar-refractivity contribution in [3.05, 3.63) is 91.7 Å². The quantitative estimate of drug-likeness (QED) is 0.141. The molecular weight excluding hydrogens is 567 g/mol. The molecule has 3 aromatic carbocycles. The fourth-order valence-electron chi connectivity index (χ4n) is 3.37. The number of hydrazone groups is 1. The number of ether oxygens (including phenoxy) is 2. The maximum atomic E-state index is 12.4. The number of rotatable bonds is 8. The summed E-state index contributed by atoms with van der Waals surface area (Å²) in [5.41, 5.74) is 6.09. The first kappa shape index (κ1) is 24.1. The van der Waals surface area contributed by atoms with Crippen molar-refractivity contribution in [2.24, 2.45) is 5.10 Å². The Labute approximate surface area is 216 Å². The highest BCUT2D eigenvalue weighted by Crippen LogP contribution is 2.34. The van der Waals surface area contributed by atoms with Gasteiger partial charge in [-0.25, -0.2) is 5.43 Å². The number of carbonyl (C=O) groups is 1. The summed E-state index contributed by atoms with van der Waals surface area (Å²) in [7, 11) is 0. The van der Waals surface area contributed by atoms with Gasteiger partial charge in [-0.1, -0.05) is 41.4 Å². The highest BCUT2D eigenvalue weighted by molar-refractivity contribution is 14.1. The van der Waals surface area contributed by atoms with Crippen LogP contribution in [0.3, 0.4) is 0 Å². The standard InChI is InChI=1S/C26H22ClIN2O4/c1-3-32-23-11-18(10-21(28)25(23)33-15-17-6-4-5-16(2)9-17)14-29-30-26(31)24-13-19-12-20(27)7-8-22(19)34-24/h4-14H,3,15H2,1-2H3,(H,30,31)/b29-14+. The Hall–Kier alpha value is -3.04. The summed E-state index contributed by atoms with van der Waals surface area (Å²) in [6, 6.07) is 18.7. The largest absolute Gasteiger partial charge is 0.490 e. The van der Waals surface area contributed by atoms with Crippen molar-refractivity contribution in [1.29, 1.82) is 0 Å². The van der Waals surface area contributed by atoms with Crippen molar-refractivity contribution in [1.82, 2.24) is 5.43 Å². The summed E-state index contributed by atoms with van der Waals surface area (Å²) in [5, 5.41) is 5.39. The van der Waals surface area contributed by atoms with E-state index in [1.807, 2.05) is 31.2 Å². The first-order valence-corrected chi connectivity index (χ1v) is 12.1. The Kier molecular flexibility index (Phi) is 7.74. The first-order valence-electron chi connectivity index (χ1n) is 10.6. The summed E-state index contributed by atoms with van der Waals surface area (Å²) in [6.07, 6.45) is 1.55. The zero-order valence-electron chi connectivity index (χ0n) is 18.6.